The topological polar surface area (TPSA) is 47.9 Å². The van der Waals surface area contributed by atoms with Gasteiger partial charge in [-0.1, -0.05) is 6.07 Å². The molecule has 84 valence electrons. The molecule has 0 amide bonds. The summed E-state index contributed by atoms with van der Waals surface area (Å²) in [6.07, 6.45) is 1.47. The number of halogens is 1. The largest absolute Gasteiger partial charge is 0.367 e. The molecule has 1 heterocycles. The quantitative estimate of drug-likeness (QED) is 0.798. The second-order valence-corrected chi connectivity index (χ2v) is 4.08. The fourth-order valence-electron chi connectivity index (χ4n) is 1.96. The van der Waals surface area contributed by atoms with E-state index < -0.39 is 5.54 Å². The number of hydrogen-bond acceptors (Lipinski definition) is 3. The maximum Gasteiger partial charge on any atom is 0.127 e. The number of nitrogens with zero attached hydrogens (tertiary/aromatic N) is 1. The average Bonchev–Trinajstić information content (AvgIpc) is 2.30. The van der Waals surface area contributed by atoms with Crippen molar-refractivity contribution in [2.45, 2.75) is 18.4 Å². The zero-order chi connectivity index (χ0) is 11.4. The third-order valence-electron chi connectivity index (χ3n) is 2.88. The number of nitriles is 1. The molecule has 0 atom stereocenters. The molecule has 4 heteroatoms. The molecule has 1 aromatic carbocycles. The third-order valence-corrected chi connectivity index (χ3v) is 2.88. The zero-order valence-electron chi connectivity index (χ0n) is 8.96. The van der Waals surface area contributed by atoms with Gasteiger partial charge < -0.3 is 10.6 Å². The van der Waals surface area contributed by atoms with Crippen LogP contribution in [0.2, 0.25) is 0 Å². The second-order valence-electron chi connectivity index (χ2n) is 4.08. The van der Waals surface area contributed by atoms with Crippen molar-refractivity contribution >= 4 is 5.69 Å². The van der Waals surface area contributed by atoms with Gasteiger partial charge in [-0.15, -0.1) is 0 Å². The molecular weight excluding hydrogens is 205 g/mol. The van der Waals surface area contributed by atoms with E-state index in [-0.39, 0.29) is 5.82 Å². The SMILES string of the molecule is N#CC1(Nc2cccc(F)c2)CCNCC1. The molecule has 1 aliphatic heterocycles. The highest BCUT2D eigenvalue weighted by Gasteiger charge is 2.31. The van der Waals surface area contributed by atoms with Gasteiger partial charge in [0, 0.05) is 5.69 Å². The van der Waals surface area contributed by atoms with E-state index in [0.29, 0.717) is 5.69 Å². The van der Waals surface area contributed by atoms with E-state index in [1.165, 1.54) is 12.1 Å². The molecule has 2 N–H and O–H groups in total. The van der Waals surface area contributed by atoms with Crippen molar-refractivity contribution < 1.29 is 4.39 Å². The monoisotopic (exact) mass is 219 g/mol. The van der Waals surface area contributed by atoms with E-state index in [0.717, 1.165) is 25.9 Å². The molecular formula is C12H14FN3. The van der Waals surface area contributed by atoms with Crippen LogP contribution in [0.3, 0.4) is 0 Å². The van der Waals surface area contributed by atoms with Crippen molar-refractivity contribution in [3.63, 3.8) is 0 Å². The molecule has 0 spiro atoms. The van der Waals surface area contributed by atoms with Crippen molar-refractivity contribution in [1.29, 1.82) is 5.26 Å². The predicted octanol–water partition coefficient (Wildman–Crippen LogP) is 1.88. The summed E-state index contributed by atoms with van der Waals surface area (Å²) in [6.45, 7) is 1.63. The first-order valence-electron chi connectivity index (χ1n) is 5.40. The van der Waals surface area contributed by atoms with E-state index in [9.17, 15) is 9.65 Å². The summed E-state index contributed by atoms with van der Waals surface area (Å²) in [5.41, 5.74) is 0.113. The number of piperidine rings is 1. The van der Waals surface area contributed by atoms with Crippen molar-refractivity contribution in [2.75, 3.05) is 18.4 Å². The molecule has 0 aliphatic carbocycles. The number of anilines is 1. The van der Waals surface area contributed by atoms with Gasteiger partial charge in [0.25, 0.3) is 0 Å². The summed E-state index contributed by atoms with van der Waals surface area (Å²) in [6, 6.07) is 8.55. The number of rotatable bonds is 2. The van der Waals surface area contributed by atoms with Crippen LogP contribution in [0.1, 0.15) is 12.8 Å². The normalized spacial score (nSPS) is 18.8. The van der Waals surface area contributed by atoms with E-state index in [2.05, 4.69) is 16.7 Å². The fraction of sp³-hybridized carbons (Fsp3) is 0.417. The molecule has 0 radical (unpaired) electrons. The summed E-state index contributed by atoms with van der Waals surface area (Å²) in [5.74, 6) is -0.285. The van der Waals surface area contributed by atoms with Crippen LogP contribution in [0.4, 0.5) is 10.1 Å². The van der Waals surface area contributed by atoms with E-state index in [4.69, 9.17) is 0 Å². The smallest absolute Gasteiger partial charge is 0.127 e. The maximum atomic E-state index is 13.0. The third kappa shape index (κ3) is 2.31. The van der Waals surface area contributed by atoms with Crippen molar-refractivity contribution in [2.24, 2.45) is 0 Å². The Morgan fingerprint density at radius 3 is 2.75 bits per heavy atom. The lowest BCUT2D eigenvalue weighted by molar-refractivity contribution is 0.409. The first kappa shape index (κ1) is 10.9. The molecule has 0 saturated carbocycles. The molecule has 1 aromatic rings. The van der Waals surface area contributed by atoms with Crippen LogP contribution in [0.5, 0.6) is 0 Å². The van der Waals surface area contributed by atoms with Gasteiger partial charge in [-0.05, 0) is 44.1 Å². The van der Waals surface area contributed by atoms with Gasteiger partial charge in [0.1, 0.15) is 11.4 Å². The molecule has 3 nitrogen and oxygen atoms in total. The summed E-state index contributed by atoms with van der Waals surface area (Å²) in [4.78, 5) is 0. The zero-order valence-corrected chi connectivity index (χ0v) is 8.96. The van der Waals surface area contributed by atoms with Gasteiger partial charge in [-0.25, -0.2) is 4.39 Å². The standard InChI is InChI=1S/C12H14FN3/c13-10-2-1-3-11(8-10)16-12(9-14)4-6-15-7-5-12/h1-3,8,15-16H,4-7H2. The Hall–Kier alpha value is -1.60. The van der Waals surface area contributed by atoms with Gasteiger partial charge in [0.05, 0.1) is 6.07 Å². The average molecular weight is 219 g/mol. The van der Waals surface area contributed by atoms with E-state index in [1.54, 1.807) is 12.1 Å². The minimum Gasteiger partial charge on any atom is -0.367 e. The fourth-order valence-corrected chi connectivity index (χ4v) is 1.96. The van der Waals surface area contributed by atoms with Crippen LogP contribution in [0.25, 0.3) is 0 Å². The highest BCUT2D eigenvalue weighted by Crippen LogP contribution is 2.23. The molecule has 1 fully saturated rings. The molecule has 1 saturated heterocycles. The Morgan fingerprint density at radius 2 is 2.12 bits per heavy atom. The lowest BCUT2D eigenvalue weighted by Crippen LogP contribution is -2.46. The maximum absolute atomic E-state index is 13.0. The van der Waals surface area contributed by atoms with E-state index >= 15 is 0 Å². The predicted molar refractivity (Wildman–Crippen MR) is 60.5 cm³/mol. The molecule has 2 rings (SSSR count). The van der Waals surface area contributed by atoms with Crippen LogP contribution in [-0.4, -0.2) is 18.6 Å². The Labute approximate surface area is 94.3 Å². The Bertz CT molecular complexity index is 405. The second kappa shape index (κ2) is 4.50. The van der Waals surface area contributed by atoms with Crippen molar-refractivity contribution in [3.05, 3.63) is 30.1 Å². The highest BCUT2D eigenvalue weighted by atomic mass is 19.1. The van der Waals surface area contributed by atoms with Crippen LogP contribution in [0, 0.1) is 17.1 Å². The number of hydrogen-bond donors (Lipinski definition) is 2. The Balaban J connectivity index is 2.15. The van der Waals surface area contributed by atoms with Gasteiger partial charge in [0.15, 0.2) is 0 Å². The molecule has 0 unspecified atom stereocenters. The van der Waals surface area contributed by atoms with Gasteiger partial charge in [0.2, 0.25) is 0 Å². The molecule has 16 heavy (non-hydrogen) atoms. The number of benzene rings is 1. The van der Waals surface area contributed by atoms with Crippen LogP contribution < -0.4 is 10.6 Å². The lowest BCUT2D eigenvalue weighted by Gasteiger charge is -2.33. The van der Waals surface area contributed by atoms with Crippen molar-refractivity contribution in [3.8, 4) is 6.07 Å². The number of nitrogens with one attached hydrogen (secondary N) is 2. The van der Waals surface area contributed by atoms with Crippen LogP contribution in [0.15, 0.2) is 24.3 Å². The highest BCUT2D eigenvalue weighted by molar-refractivity contribution is 5.48. The minimum absolute atomic E-state index is 0.285. The summed E-state index contributed by atoms with van der Waals surface area (Å²) in [5, 5.41) is 15.6. The van der Waals surface area contributed by atoms with Crippen LogP contribution in [-0.2, 0) is 0 Å². The first-order valence-corrected chi connectivity index (χ1v) is 5.40. The summed E-state index contributed by atoms with van der Waals surface area (Å²) >= 11 is 0. The Morgan fingerprint density at radius 1 is 1.38 bits per heavy atom. The van der Waals surface area contributed by atoms with Gasteiger partial charge in [-0.2, -0.15) is 5.26 Å². The van der Waals surface area contributed by atoms with E-state index in [1.807, 2.05) is 0 Å². The summed E-state index contributed by atoms with van der Waals surface area (Å²) < 4.78 is 13.0. The molecule has 0 aromatic heterocycles. The Kier molecular flexibility index (Phi) is 3.07. The molecule has 1 aliphatic rings. The lowest BCUT2D eigenvalue weighted by atomic mass is 9.89. The van der Waals surface area contributed by atoms with Gasteiger partial charge >= 0.3 is 0 Å². The minimum atomic E-state index is -0.557. The summed E-state index contributed by atoms with van der Waals surface area (Å²) in [7, 11) is 0. The first-order chi connectivity index (χ1) is 7.74. The van der Waals surface area contributed by atoms with Gasteiger partial charge in [-0.3, -0.25) is 0 Å². The molecule has 0 bridgehead atoms. The van der Waals surface area contributed by atoms with Crippen molar-refractivity contribution in [1.82, 2.24) is 5.32 Å². The van der Waals surface area contributed by atoms with Crippen LogP contribution >= 0.6 is 0 Å².